The van der Waals surface area contributed by atoms with Crippen LogP contribution in [-0.2, 0) is 0 Å². The van der Waals surface area contributed by atoms with E-state index < -0.39 is 0 Å². The highest BCUT2D eigenvalue weighted by molar-refractivity contribution is 6.04. The van der Waals surface area contributed by atoms with Crippen molar-refractivity contribution in [2.75, 3.05) is 24.2 Å². The average molecular weight is 540 g/mol. The van der Waals surface area contributed by atoms with Gasteiger partial charge in [0.1, 0.15) is 11.9 Å². The molecular formula is C34H41N3O3. The molecule has 0 spiro atoms. The van der Waals surface area contributed by atoms with Crippen molar-refractivity contribution in [3.63, 3.8) is 0 Å². The second-order valence-corrected chi connectivity index (χ2v) is 11.3. The number of carbonyl (C=O) groups excluding carboxylic acids is 2. The molecule has 3 unspecified atom stereocenters. The number of benzene rings is 3. The first-order valence-corrected chi connectivity index (χ1v) is 14.7. The largest absolute Gasteiger partial charge is 0.487 e. The summed E-state index contributed by atoms with van der Waals surface area (Å²) >= 11 is 0. The fraction of sp³-hybridized carbons (Fsp3) is 0.412. The second kappa shape index (κ2) is 12.6. The molecule has 5 rings (SSSR count). The number of hydrogen-bond donors (Lipinski definition) is 2. The van der Waals surface area contributed by atoms with Crippen molar-refractivity contribution < 1.29 is 14.3 Å². The maximum absolute atomic E-state index is 12.7. The molecule has 2 amide bonds. The van der Waals surface area contributed by atoms with Crippen molar-refractivity contribution >= 4 is 23.2 Å². The third-order valence-corrected chi connectivity index (χ3v) is 8.43. The Hall–Kier alpha value is -3.80. The maximum Gasteiger partial charge on any atom is 0.255 e. The third-order valence-electron chi connectivity index (χ3n) is 8.43. The van der Waals surface area contributed by atoms with Gasteiger partial charge in [-0.05, 0) is 79.8 Å². The Morgan fingerprint density at radius 1 is 0.925 bits per heavy atom. The Balaban J connectivity index is 1.33. The van der Waals surface area contributed by atoms with Gasteiger partial charge in [0.25, 0.3) is 11.8 Å². The number of ether oxygens (including phenoxy) is 1. The predicted octanol–water partition coefficient (Wildman–Crippen LogP) is 7.35. The topological polar surface area (TPSA) is 70.7 Å². The normalized spacial score (nSPS) is 19.3. The number of carbonyl (C=O) groups is 2. The molecule has 2 aliphatic rings. The van der Waals surface area contributed by atoms with Gasteiger partial charge in [0, 0.05) is 47.6 Å². The smallest absolute Gasteiger partial charge is 0.255 e. The molecule has 1 fully saturated rings. The van der Waals surface area contributed by atoms with Gasteiger partial charge in [-0.25, -0.2) is 0 Å². The van der Waals surface area contributed by atoms with Crippen LogP contribution in [0.3, 0.4) is 0 Å². The van der Waals surface area contributed by atoms with Gasteiger partial charge in [0.2, 0.25) is 0 Å². The number of hydrogen-bond acceptors (Lipinski definition) is 4. The lowest BCUT2D eigenvalue weighted by molar-refractivity contribution is 0.0795. The van der Waals surface area contributed by atoms with E-state index >= 15 is 0 Å². The van der Waals surface area contributed by atoms with E-state index in [1.165, 1.54) is 32.1 Å². The van der Waals surface area contributed by atoms with Gasteiger partial charge < -0.3 is 20.3 Å². The molecular weight excluding hydrogens is 498 g/mol. The zero-order chi connectivity index (χ0) is 28.1. The van der Waals surface area contributed by atoms with E-state index in [1.807, 2.05) is 73.8 Å². The van der Waals surface area contributed by atoms with Gasteiger partial charge in [0.15, 0.2) is 0 Å². The van der Waals surface area contributed by atoms with Gasteiger partial charge in [0.05, 0.1) is 6.04 Å². The summed E-state index contributed by atoms with van der Waals surface area (Å²) in [5.74, 6) is 1.48. The SMILES string of the molecule is CCCN(C)C(=O)c1ccc(NC(C2CCCCC2)C2Oc3ccc(NC(=O)c4ccccc4)cc3C2C)cc1. The van der Waals surface area contributed by atoms with Gasteiger partial charge >= 0.3 is 0 Å². The highest BCUT2D eigenvalue weighted by Gasteiger charge is 2.41. The van der Waals surface area contributed by atoms with Crippen LogP contribution >= 0.6 is 0 Å². The predicted molar refractivity (Wildman–Crippen MR) is 161 cm³/mol. The number of nitrogens with one attached hydrogen (secondary N) is 2. The Kier molecular flexibility index (Phi) is 8.73. The van der Waals surface area contributed by atoms with Crippen LogP contribution in [0.4, 0.5) is 11.4 Å². The minimum absolute atomic E-state index is 0.0322. The molecule has 0 aromatic heterocycles. The van der Waals surface area contributed by atoms with Crippen molar-refractivity contribution in [2.24, 2.45) is 5.92 Å². The third kappa shape index (κ3) is 6.16. The molecule has 2 N–H and O–H groups in total. The molecule has 3 atom stereocenters. The van der Waals surface area contributed by atoms with E-state index in [1.54, 1.807) is 4.90 Å². The van der Waals surface area contributed by atoms with Crippen molar-refractivity contribution in [2.45, 2.75) is 70.4 Å². The highest BCUT2D eigenvalue weighted by atomic mass is 16.5. The zero-order valence-electron chi connectivity index (χ0n) is 23.9. The van der Waals surface area contributed by atoms with Crippen LogP contribution in [0.5, 0.6) is 5.75 Å². The number of fused-ring (bicyclic) bond motifs is 1. The summed E-state index contributed by atoms with van der Waals surface area (Å²) in [6.07, 6.45) is 7.03. The van der Waals surface area contributed by atoms with Gasteiger partial charge in [-0.15, -0.1) is 0 Å². The summed E-state index contributed by atoms with van der Waals surface area (Å²) in [4.78, 5) is 27.2. The van der Waals surface area contributed by atoms with Crippen LogP contribution in [0, 0.1) is 5.92 Å². The molecule has 3 aromatic carbocycles. The Morgan fingerprint density at radius 3 is 2.33 bits per heavy atom. The van der Waals surface area contributed by atoms with Crippen molar-refractivity contribution in [1.29, 1.82) is 0 Å². The maximum atomic E-state index is 12.7. The lowest BCUT2D eigenvalue weighted by Crippen LogP contribution is -2.44. The molecule has 1 saturated carbocycles. The van der Waals surface area contributed by atoms with Gasteiger partial charge in [-0.1, -0.05) is 51.3 Å². The van der Waals surface area contributed by atoms with Crippen molar-refractivity contribution in [3.8, 4) is 5.75 Å². The van der Waals surface area contributed by atoms with Gasteiger partial charge in [-0.2, -0.15) is 0 Å². The zero-order valence-corrected chi connectivity index (χ0v) is 23.9. The van der Waals surface area contributed by atoms with Crippen molar-refractivity contribution in [1.82, 2.24) is 4.90 Å². The second-order valence-electron chi connectivity index (χ2n) is 11.3. The first-order chi connectivity index (χ1) is 19.4. The Bertz CT molecular complexity index is 1300. The lowest BCUT2D eigenvalue weighted by atomic mass is 9.78. The molecule has 0 bridgehead atoms. The molecule has 6 nitrogen and oxygen atoms in total. The Morgan fingerprint density at radius 2 is 1.62 bits per heavy atom. The minimum atomic E-state index is -0.117. The molecule has 1 aliphatic heterocycles. The summed E-state index contributed by atoms with van der Waals surface area (Å²) in [7, 11) is 1.85. The summed E-state index contributed by atoms with van der Waals surface area (Å²) < 4.78 is 6.64. The number of rotatable bonds is 9. The highest BCUT2D eigenvalue weighted by Crippen LogP contribution is 2.44. The summed E-state index contributed by atoms with van der Waals surface area (Å²) in [6, 6.07) is 23.3. The number of amides is 2. The molecule has 0 radical (unpaired) electrons. The van der Waals surface area contributed by atoms with Crippen LogP contribution in [0.2, 0.25) is 0 Å². The molecule has 1 heterocycles. The van der Waals surface area contributed by atoms with Crippen LogP contribution < -0.4 is 15.4 Å². The first kappa shape index (κ1) is 27.8. The average Bonchev–Trinajstić information content (AvgIpc) is 3.32. The van der Waals surface area contributed by atoms with Crippen molar-refractivity contribution in [3.05, 3.63) is 89.5 Å². The van der Waals surface area contributed by atoms with E-state index in [9.17, 15) is 9.59 Å². The van der Waals surface area contributed by atoms with Crippen LogP contribution in [0.1, 0.15) is 84.6 Å². The molecule has 3 aromatic rings. The summed E-state index contributed by atoms with van der Waals surface area (Å²) in [5.41, 5.74) is 4.25. The van der Waals surface area contributed by atoms with Crippen LogP contribution in [-0.4, -0.2) is 42.5 Å². The lowest BCUT2D eigenvalue weighted by Gasteiger charge is -2.36. The molecule has 0 saturated heterocycles. The standard InChI is InChI=1S/C34H41N3O3/c1-4-21-37(3)34(39)26-15-17-27(18-16-26)35-31(24-11-7-5-8-12-24)32-23(2)29-22-28(19-20-30(29)40-32)36-33(38)25-13-9-6-10-14-25/h6,9-10,13-20,22-24,31-32,35H,4-5,7-8,11-12,21H2,1-3H3,(H,36,38). The molecule has 210 valence electrons. The van der Waals surface area contributed by atoms with Crippen LogP contribution in [0.25, 0.3) is 0 Å². The Labute approximate surface area is 238 Å². The van der Waals surface area contributed by atoms with E-state index in [0.717, 1.165) is 35.7 Å². The van der Waals surface area contributed by atoms with Crippen LogP contribution in [0.15, 0.2) is 72.8 Å². The molecule has 6 heteroatoms. The summed E-state index contributed by atoms with van der Waals surface area (Å²) in [6.45, 7) is 5.05. The quantitative estimate of drug-likeness (QED) is 0.298. The molecule has 40 heavy (non-hydrogen) atoms. The monoisotopic (exact) mass is 539 g/mol. The number of anilines is 2. The fourth-order valence-electron chi connectivity index (χ4n) is 6.21. The summed E-state index contributed by atoms with van der Waals surface area (Å²) in [5, 5.41) is 6.87. The van der Waals surface area contributed by atoms with E-state index in [2.05, 4.69) is 30.5 Å². The molecule has 1 aliphatic carbocycles. The number of nitrogens with zero attached hydrogens (tertiary/aromatic N) is 1. The van der Waals surface area contributed by atoms with E-state index in [0.29, 0.717) is 17.0 Å². The first-order valence-electron chi connectivity index (χ1n) is 14.7. The van der Waals surface area contributed by atoms with E-state index in [4.69, 9.17) is 4.74 Å². The fourth-order valence-corrected chi connectivity index (χ4v) is 6.21. The van der Waals surface area contributed by atoms with Gasteiger partial charge in [-0.3, -0.25) is 9.59 Å². The van der Waals surface area contributed by atoms with E-state index in [-0.39, 0.29) is 29.9 Å². The minimum Gasteiger partial charge on any atom is -0.487 e.